The van der Waals surface area contributed by atoms with E-state index < -0.39 is 6.09 Å². The van der Waals surface area contributed by atoms with E-state index in [9.17, 15) is 4.79 Å². The zero-order valence-electron chi connectivity index (χ0n) is 16.0. The molecule has 9 nitrogen and oxygen atoms in total. The van der Waals surface area contributed by atoms with Crippen LogP contribution in [-0.4, -0.2) is 35.7 Å². The molecular formula is C21H19N7O2. The average Bonchev–Trinajstić information content (AvgIpc) is 3.53. The van der Waals surface area contributed by atoms with Crippen molar-refractivity contribution in [1.82, 2.24) is 29.8 Å². The summed E-state index contributed by atoms with van der Waals surface area (Å²) < 4.78 is 2.19. The molecule has 4 aromatic rings. The van der Waals surface area contributed by atoms with Crippen LogP contribution in [0.1, 0.15) is 24.4 Å². The number of nitrogens with one attached hydrogen (secondary N) is 2. The number of aromatic nitrogens is 5. The van der Waals surface area contributed by atoms with Crippen LogP contribution in [0, 0.1) is 0 Å². The highest BCUT2D eigenvalue weighted by Gasteiger charge is 2.29. The Bertz CT molecular complexity index is 1200. The molecule has 1 aromatic carbocycles. The van der Waals surface area contributed by atoms with Gasteiger partial charge < -0.3 is 20.3 Å². The number of benzene rings is 1. The first-order valence-electron chi connectivity index (χ1n) is 9.65. The maximum absolute atomic E-state index is 10.6. The van der Waals surface area contributed by atoms with Crippen molar-refractivity contribution >= 4 is 28.9 Å². The Kier molecular flexibility index (Phi) is 4.47. The van der Waals surface area contributed by atoms with Crippen LogP contribution < -0.4 is 10.6 Å². The summed E-state index contributed by atoms with van der Waals surface area (Å²) in [6.07, 6.45) is 6.45. The molecule has 3 heterocycles. The molecule has 5 rings (SSSR count). The van der Waals surface area contributed by atoms with Crippen LogP contribution in [-0.2, 0) is 6.54 Å². The minimum Gasteiger partial charge on any atom is -0.465 e. The Labute approximate surface area is 171 Å². The third-order valence-electron chi connectivity index (χ3n) is 4.94. The van der Waals surface area contributed by atoms with Gasteiger partial charge in [-0.2, -0.15) is 4.98 Å². The molecule has 0 radical (unpaired) electrons. The van der Waals surface area contributed by atoms with Gasteiger partial charge in [-0.1, -0.05) is 12.1 Å². The number of hydrogen-bond acceptors (Lipinski definition) is 6. The number of hydrogen-bond donors (Lipinski definition) is 3. The van der Waals surface area contributed by atoms with Crippen molar-refractivity contribution < 1.29 is 9.90 Å². The molecule has 0 spiro atoms. The maximum atomic E-state index is 10.6. The summed E-state index contributed by atoms with van der Waals surface area (Å²) in [4.78, 5) is 28.6. The molecule has 9 heteroatoms. The van der Waals surface area contributed by atoms with E-state index in [-0.39, 0.29) is 6.54 Å². The molecule has 30 heavy (non-hydrogen) atoms. The molecule has 1 aliphatic carbocycles. The standard InChI is InChI=1S/C21H19N7O2/c29-21(30)24-11-13-1-3-15(4-2-13)25-20-23-12-17-19(27-20)28(16-5-6-16)18(26-17)14-7-9-22-10-8-14/h1-4,7-10,12,16,24H,5-6,11H2,(H,29,30)(H,23,25,27). The predicted molar refractivity (Wildman–Crippen MR) is 111 cm³/mol. The van der Waals surface area contributed by atoms with Crippen molar-refractivity contribution in [2.75, 3.05) is 5.32 Å². The Morgan fingerprint density at radius 3 is 2.57 bits per heavy atom. The lowest BCUT2D eigenvalue weighted by Crippen LogP contribution is -2.19. The fraction of sp³-hybridized carbons (Fsp3) is 0.190. The van der Waals surface area contributed by atoms with E-state index >= 15 is 0 Å². The quantitative estimate of drug-likeness (QED) is 0.450. The Morgan fingerprint density at radius 1 is 1.10 bits per heavy atom. The number of imidazole rings is 1. The summed E-state index contributed by atoms with van der Waals surface area (Å²) in [5, 5.41) is 14.3. The maximum Gasteiger partial charge on any atom is 0.404 e. The molecule has 0 bridgehead atoms. The molecule has 1 aliphatic rings. The third kappa shape index (κ3) is 3.64. The molecule has 0 unspecified atom stereocenters. The van der Waals surface area contributed by atoms with Gasteiger partial charge in [0, 0.05) is 36.2 Å². The summed E-state index contributed by atoms with van der Waals surface area (Å²) >= 11 is 0. The number of rotatable bonds is 6. The lowest BCUT2D eigenvalue weighted by atomic mass is 10.2. The van der Waals surface area contributed by atoms with E-state index in [4.69, 9.17) is 15.1 Å². The summed E-state index contributed by atoms with van der Waals surface area (Å²) in [6, 6.07) is 11.8. The smallest absolute Gasteiger partial charge is 0.404 e. The fourth-order valence-corrected chi connectivity index (χ4v) is 3.35. The number of carboxylic acid groups (broad SMARTS) is 1. The highest BCUT2D eigenvalue weighted by molar-refractivity contribution is 5.78. The van der Waals surface area contributed by atoms with Crippen molar-refractivity contribution in [3.8, 4) is 11.4 Å². The van der Waals surface area contributed by atoms with Gasteiger partial charge in [0.05, 0.1) is 6.20 Å². The Balaban J connectivity index is 1.44. The van der Waals surface area contributed by atoms with Crippen LogP contribution in [0.5, 0.6) is 0 Å². The van der Waals surface area contributed by atoms with Gasteiger partial charge in [0.2, 0.25) is 5.95 Å². The van der Waals surface area contributed by atoms with Gasteiger partial charge >= 0.3 is 6.09 Å². The van der Waals surface area contributed by atoms with E-state index in [1.807, 2.05) is 36.4 Å². The van der Waals surface area contributed by atoms with Gasteiger partial charge in [0.1, 0.15) is 11.3 Å². The minimum absolute atomic E-state index is 0.260. The summed E-state index contributed by atoms with van der Waals surface area (Å²) in [5.74, 6) is 1.37. The van der Waals surface area contributed by atoms with Crippen LogP contribution in [0.15, 0.2) is 55.0 Å². The van der Waals surface area contributed by atoms with E-state index in [2.05, 4.69) is 25.2 Å². The van der Waals surface area contributed by atoms with Gasteiger partial charge in [-0.3, -0.25) is 4.98 Å². The largest absolute Gasteiger partial charge is 0.465 e. The van der Waals surface area contributed by atoms with Gasteiger partial charge in [-0.15, -0.1) is 0 Å². The molecule has 0 saturated heterocycles. The second-order valence-corrected chi connectivity index (χ2v) is 7.16. The average molecular weight is 401 g/mol. The van der Waals surface area contributed by atoms with Crippen LogP contribution in [0.2, 0.25) is 0 Å². The molecule has 150 valence electrons. The lowest BCUT2D eigenvalue weighted by Gasteiger charge is -2.08. The van der Waals surface area contributed by atoms with Gasteiger partial charge in [0.25, 0.3) is 0 Å². The number of amides is 1. The fourth-order valence-electron chi connectivity index (χ4n) is 3.35. The van der Waals surface area contributed by atoms with Crippen molar-refractivity contribution in [2.24, 2.45) is 0 Å². The van der Waals surface area contributed by atoms with Gasteiger partial charge in [-0.05, 0) is 42.7 Å². The Hall–Kier alpha value is -4.01. The molecule has 0 aliphatic heterocycles. The molecule has 3 aromatic heterocycles. The molecule has 1 saturated carbocycles. The molecular weight excluding hydrogens is 382 g/mol. The van der Waals surface area contributed by atoms with E-state index in [0.717, 1.165) is 46.6 Å². The first-order chi connectivity index (χ1) is 14.7. The topological polar surface area (TPSA) is 118 Å². The lowest BCUT2D eigenvalue weighted by molar-refractivity contribution is 0.194. The highest BCUT2D eigenvalue weighted by Crippen LogP contribution is 2.40. The first-order valence-corrected chi connectivity index (χ1v) is 9.65. The number of carbonyl (C=O) groups is 1. The van der Waals surface area contributed by atoms with E-state index in [1.54, 1.807) is 18.6 Å². The molecule has 0 atom stereocenters. The number of fused-ring (bicyclic) bond motifs is 1. The zero-order valence-corrected chi connectivity index (χ0v) is 16.0. The monoisotopic (exact) mass is 401 g/mol. The van der Waals surface area contributed by atoms with Crippen molar-refractivity contribution in [2.45, 2.75) is 25.4 Å². The summed E-state index contributed by atoms with van der Waals surface area (Å²) in [6.45, 7) is 0.260. The van der Waals surface area contributed by atoms with Crippen molar-refractivity contribution in [3.63, 3.8) is 0 Å². The molecule has 1 fully saturated rings. The first kappa shape index (κ1) is 18.0. The van der Waals surface area contributed by atoms with E-state index in [0.29, 0.717) is 12.0 Å². The number of pyridine rings is 1. The van der Waals surface area contributed by atoms with Crippen LogP contribution >= 0.6 is 0 Å². The summed E-state index contributed by atoms with van der Waals surface area (Å²) in [7, 11) is 0. The number of nitrogens with zero attached hydrogens (tertiary/aromatic N) is 5. The van der Waals surface area contributed by atoms with Crippen LogP contribution in [0.4, 0.5) is 16.4 Å². The van der Waals surface area contributed by atoms with Crippen LogP contribution in [0.25, 0.3) is 22.6 Å². The normalized spacial score (nSPS) is 13.3. The number of anilines is 2. The second kappa shape index (κ2) is 7.43. The SMILES string of the molecule is O=C(O)NCc1ccc(Nc2ncc3nc(-c4ccncc4)n(C4CC4)c3n2)cc1. The molecule has 1 amide bonds. The second-order valence-electron chi connectivity index (χ2n) is 7.16. The zero-order chi connectivity index (χ0) is 20.5. The predicted octanol–water partition coefficient (Wildman–Crippen LogP) is 3.73. The van der Waals surface area contributed by atoms with E-state index in [1.165, 1.54) is 0 Å². The van der Waals surface area contributed by atoms with Crippen molar-refractivity contribution in [3.05, 3.63) is 60.6 Å². The highest BCUT2D eigenvalue weighted by atomic mass is 16.4. The third-order valence-corrected chi connectivity index (χ3v) is 4.94. The molecule has 3 N–H and O–H groups in total. The van der Waals surface area contributed by atoms with Gasteiger partial charge in [0.15, 0.2) is 5.65 Å². The Morgan fingerprint density at radius 2 is 1.87 bits per heavy atom. The summed E-state index contributed by atoms with van der Waals surface area (Å²) in [5.41, 5.74) is 4.27. The van der Waals surface area contributed by atoms with Crippen molar-refractivity contribution in [1.29, 1.82) is 0 Å². The minimum atomic E-state index is -1.04. The van der Waals surface area contributed by atoms with Gasteiger partial charge in [-0.25, -0.2) is 14.8 Å². The van der Waals surface area contributed by atoms with Crippen LogP contribution in [0.3, 0.4) is 0 Å².